The van der Waals surface area contributed by atoms with Gasteiger partial charge in [0, 0.05) is 36.8 Å². The van der Waals surface area contributed by atoms with Crippen LogP contribution in [-0.4, -0.2) is 62.0 Å². The largest absolute Gasteiger partial charge is 0.480 e. The summed E-state index contributed by atoms with van der Waals surface area (Å²) in [6.45, 7) is 2.96. The highest BCUT2D eigenvalue weighted by Gasteiger charge is 2.67. The minimum Gasteiger partial charge on any atom is -0.480 e. The molecule has 39 heavy (non-hydrogen) atoms. The Morgan fingerprint density at radius 1 is 1.15 bits per heavy atom. The first-order chi connectivity index (χ1) is 18.8. The fraction of sp³-hybridized carbons (Fsp3) is 0.576. The van der Waals surface area contributed by atoms with Crippen molar-refractivity contribution < 1.29 is 19.7 Å². The van der Waals surface area contributed by atoms with Crippen molar-refractivity contribution >= 4 is 16.7 Å². The Labute approximate surface area is 229 Å². The van der Waals surface area contributed by atoms with Gasteiger partial charge in [0.05, 0.1) is 17.3 Å². The highest BCUT2D eigenvalue weighted by atomic mass is 16.5. The molecule has 2 saturated carbocycles. The molecule has 204 valence electrons. The topological polar surface area (TPSA) is 82.9 Å². The SMILES string of the molecule is CC12CC=C3C=C4CCC(N5CC(O)CC5C(=O)O)CC45CCC3(O5)C1CCC2c1ccc2ccncc2c1. The summed E-state index contributed by atoms with van der Waals surface area (Å²) in [5.74, 6) is 0.149. The molecule has 2 N–H and O–H groups in total. The number of β-amino-alcohol motifs (C(OH)–C–C–N with tert-alkyl or cyclic N) is 1. The average Bonchev–Trinajstić information content (AvgIpc) is 3.59. The van der Waals surface area contributed by atoms with Crippen LogP contribution in [0.1, 0.15) is 76.2 Å². The van der Waals surface area contributed by atoms with Gasteiger partial charge in [-0.05, 0) is 103 Å². The molecule has 0 amide bonds. The first kappa shape index (κ1) is 24.3. The van der Waals surface area contributed by atoms with Gasteiger partial charge < -0.3 is 14.9 Å². The monoisotopic (exact) mass is 526 g/mol. The zero-order chi connectivity index (χ0) is 26.6. The summed E-state index contributed by atoms with van der Waals surface area (Å²) >= 11 is 0. The fourth-order valence-electron chi connectivity index (χ4n) is 10.0. The second-order valence-corrected chi connectivity index (χ2v) is 13.5. The van der Waals surface area contributed by atoms with Crippen molar-refractivity contribution in [1.29, 1.82) is 0 Å². The van der Waals surface area contributed by atoms with E-state index in [1.54, 1.807) is 0 Å². The number of pyridine rings is 1. The molecule has 8 rings (SSSR count). The van der Waals surface area contributed by atoms with Crippen LogP contribution in [-0.2, 0) is 9.53 Å². The van der Waals surface area contributed by atoms with Crippen LogP contribution in [0.5, 0.6) is 0 Å². The van der Waals surface area contributed by atoms with Gasteiger partial charge in [-0.1, -0.05) is 31.2 Å². The summed E-state index contributed by atoms with van der Waals surface area (Å²) in [5.41, 5.74) is 3.88. The second kappa shape index (κ2) is 8.25. The van der Waals surface area contributed by atoms with E-state index in [0.29, 0.717) is 24.8 Å². The Morgan fingerprint density at radius 2 is 2.05 bits per heavy atom. The van der Waals surface area contributed by atoms with E-state index in [1.165, 1.54) is 40.3 Å². The first-order valence-electron chi connectivity index (χ1n) is 14.9. The van der Waals surface area contributed by atoms with Crippen LogP contribution in [0.2, 0.25) is 0 Å². The molecule has 6 nitrogen and oxygen atoms in total. The van der Waals surface area contributed by atoms with Crippen molar-refractivity contribution in [3.63, 3.8) is 0 Å². The van der Waals surface area contributed by atoms with Gasteiger partial charge in [0.2, 0.25) is 0 Å². The number of ether oxygens (including phenoxy) is 1. The Hall–Kier alpha value is -2.54. The van der Waals surface area contributed by atoms with E-state index in [-0.39, 0.29) is 22.7 Å². The summed E-state index contributed by atoms with van der Waals surface area (Å²) in [6, 6.07) is 8.59. The average molecular weight is 527 g/mol. The second-order valence-electron chi connectivity index (χ2n) is 13.5. The van der Waals surface area contributed by atoms with Crippen molar-refractivity contribution in [1.82, 2.24) is 9.88 Å². The van der Waals surface area contributed by atoms with E-state index < -0.39 is 18.1 Å². The number of carboxylic acids is 1. The van der Waals surface area contributed by atoms with E-state index >= 15 is 0 Å². The molecule has 2 bridgehead atoms. The lowest BCUT2D eigenvalue weighted by Gasteiger charge is -2.55. The van der Waals surface area contributed by atoms with Gasteiger partial charge in [0.15, 0.2) is 0 Å². The maximum Gasteiger partial charge on any atom is 0.321 e. The van der Waals surface area contributed by atoms with Gasteiger partial charge in [0.1, 0.15) is 6.04 Å². The van der Waals surface area contributed by atoms with Crippen LogP contribution < -0.4 is 0 Å². The Bertz CT molecular complexity index is 1430. The number of carboxylic acid groups (broad SMARTS) is 1. The van der Waals surface area contributed by atoms with Crippen LogP contribution >= 0.6 is 0 Å². The molecule has 2 saturated heterocycles. The molecule has 3 aliphatic carbocycles. The number of benzene rings is 1. The normalized spacial score (nSPS) is 43.0. The molecule has 0 radical (unpaired) electrons. The highest BCUT2D eigenvalue weighted by Crippen LogP contribution is 2.69. The van der Waals surface area contributed by atoms with Crippen LogP contribution in [0.4, 0.5) is 0 Å². The van der Waals surface area contributed by atoms with Crippen LogP contribution in [0, 0.1) is 11.3 Å². The predicted octanol–water partition coefficient (Wildman–Crippen LogP) is 5.37. The van der Waals surface area contributed by atoms with Gasteiger partial charge in [-0.3, -0.25) is 14.7 Å². The predicted molar refractivity (Wildman–Crippen MR) is 148 cm³/mol. The molecule has 4 fully saturated rings. The standard InChI is InChI=1S/C33H38N2O4/c1-31-10-8-24-15-23-4-5-25(35-19-26(36)16-28(35)30(37)38)17-32(23)11-12-33(24,39-32)29(31)7-6-27(31)21-3-2-20-9-13-34-18-22(20)14-21/h2-3,8-9,13-15,18,25-29,36H,4-7,10-12,16-17,19H2,1H3,(H,37,38). The maximum atomic E-state index is 12.0. The number of rotatable bonds is 3. The molecule has 8 atom stereocenters. The molecule has 6 heteroatoms. The van der Waals surface area contributed by atoms with Crippen LogP contribution in [0.25, 0.3) is 10.8 Å². The smallest absolute Gasteiger partial charge is 0.321 e. The molecule has 1 aromatic carbocycles. The minimum atomic E-state index is -0.812. The number of carbonyl (C=O) groups is 1. The molecule has 6 aliphatic rings. The molecular weight excluding hydrogens is 488 g/mol. The van der Waals surface area contributed by atoms with Crippen molar-refractivity contribution in [2.75, 3.05) is 6.54 Å². The third-order valence-corrected chi connectivity index (χ3v) is 11.8. The summed E-state index contributed by atoms with van der Waals surface area (Å²) in [5, 5.41) is 22.6. The van der Waals surface area contributed by atoms with Gasteiger partial charge in [0.25, 0.3) is 0 Å². The van der Waals surface area contributed by atoms with Gasteiger partial charge in [-0.2, -0.15) is 0 Å². The summed E-state index contributed by atoms with van der Waals surface area (Å²) in [6.07, 6.45) is 16.8. The molecule has 3 aliphatic heterocycles. The lowest BCUT2D eigenvalue weighted by Crippen LogP contribution is -2.56. The van der Waals surface area contributed by atoms with Gasteiger partial charge in [-0.15, -0.1) is 0 Å². The van der Waals surface area contributed by atoms with Crippen molar-refractivity contribution in [3.05, 3.63) is 65.5 Å². The van der Waals surface area contributed by atoms with Crippen LogP contribution in [0.15, 0.2) is 60.0 Å². The van der Waals surface area contributed by atoms with Crippen molar-refractivity contribution in [3.8, 4) is 0 Å². The Morgan fingerprint density at radius 3 is 2.92 bits per heavy atom. The molecular formula is C33H38N2O4. The summed E-state index contributed by atoms with van der Waals surface area (Å²) in [7, 11) is 0. The quantitative estimate of drug-likeness (QED) is 0.560. The Kier molecular flexibility index (Phi) is 5.13. The Balaban J connectivity index is 1.12. The number of aliphatic hydroxyl groups excluding tert-OH is 1. The minimum absolute atomic E-state index is 0.137. The summed E-state index contributed by atoms with van der Waals surface area (Å²) in [4.78, 5) is 18.4. The van der Waals surface area contributed by atoms with Gasteiger partial charge >= 0.3 is 5.97 Å². The van der Waals surface area contributed by atoms with Crippen LogP contribution in [0.3, 0.4) is 0 Å². The molecule has 1 aromatic heterocycles. The zero-order valence-corrected chi connectivity index (χ0v) is 22.7. The lowest BCUT2D eigenvalue weighted by molar-refractivity contribution is -0.150. The lowest BCUT2D eigenvalue weighted by atomic mass is 9.58. The van der Waals surface area contributed by atoms with Crippen molar-refractivity contribution in [2.24, 2.45) is 11.3 Å². The molecule has 2 spiro atoms. The van der Waals surface area contributed by atoms with E-state index in [4.69, 9.17) is 4.74 Å². The number of likely N-dealkylation sites (tertiary alicyclic amines) is 1. The number of allylic oxidation sites excluding steroid dienone is 1. The van der Waals surface area contributed by atoms with E-state index in [9.17, 15) is 15.0 Å². The number of aliphatic hydroxyl groups is 1. The number of nitrogens with zero attached hydrogens (tertiary/aromatic N) is 2. The fourth-order valence-corrected chi connectivity index (χ4v) is 10.0. The van der Waals surface area contributed by atoms with E-state index in [1.807, 2.05) is 12.4 Å². The number of aromatic nitrogens is 1. The molecule has 2 aromatic rings. The number of hydrogen-bond donors (Lipinski definition) is 2. The van der Waals surface area contributed by atoms with Crippen molar-refractivity contribution in [2.45, 2.75) is 100 Å². The van der Waals surface area contributed by atoms with E-state index in [2.05, 4.69) is 53.2 Å². The highest BCUT2D eigenvalue weighted by molar-refractivity contribution is 5.82. The zero-order valence-electron chi connectivity index (χ0n) is 22.7. The first-order valence-corrected chi connectivity index (χ1v) is 14.9. The molecule has 8 unspecified atom stereocenters. The number of aliphatic carboxylic acids is 1. The summed E-state index contributed by atoms with van der Waals surface area (Å²) < 4.78 is 7.44. The number of fused-ring (bicyclic) bond motifs is 2. The third kappa shape index (κ3) is 3.31. The van der Waals surface area contributed by atoms with Gasteiger partial charge in [-0.25, -0.2) is 0 Å². The van der Waals surface area contributed by atoms with E-state index in [0.717, 1.165) is 38.5 Å². The number of hydrogen-bond acceptors (Lipinski definition) is 5. The molecule has 4 heterocycles. The third-order valence-electron chi connectivity index (χ3n) is 11.8. The maximum absolute atomic E-state index is 12.0.